The maximum Gasteiger partial charge on any atom is 0.0547 e. The van der Waals surface area contributed by atoms with Crippen molar-refractivity contribution in [2.24, 2.45) is 0 Å². The summed E-state index contributed by atoms with van der Waals surface area (Å²) in [6, 6.07) is 52.7. The molecular formula is C37H27N. The summed E-state index contributed by atoms with van der Waals surface area (Å²) in [7, 11) is 0. The van der Waals surface area contributed by atoms with E-state index in [0.29, 0.717) is 0 Å². The maximum absolute atomic E-state index is 2.42. The fraction of sp³-hybridized carbons (Fsp3) is 0.0270. The number of hydrogen-bond donors (Lipinski definition) is 0. The number of rotatable bonds is 4. The van der Waals surface area contributed by atoms with Crippen LogP contribution in [0.5, 0.6) is 0 Å². The van der Waals surface area contributed by atoms with Gasteiger partial charge in [-0.2, -0.15) is 0 Å². The van der Waals surface area contributed by atoms with Crippen molar-refractivity contribution in [3.05, 3.63) is 151 Å². The fourth-order valence-electron chi connectivity index (χ4n) is 5.54. The van der Waals surface area contributed by atoms with Crippen LogP contribution in [0.1, 0.15) is 5.56 Å². The van der Waals surface area contributed by atoms with Gasteiger partial charge >= 0.3 is 0 Å². The number of aryl methyl sites for hydroxylation is 1. The summed E-state index contributed by atoms with van der Waals surface area (Å²) in [5.74, 6) is 0. The normalized spacial score (nSPS) is 11.3. The average Bonchev–Trinajstić information content (AvgIpc) is 3.31. The molecule has 180 valence electrons. The first kappa shape index (κ1) is 22.3. The molecule has 0 aliphatic heterocycles. The highest BCUT2D eigenvalue weighted by molar-refractivity contribution is 6.11. The largest absolute Gasteiger partial charge is 0.309 e. The van der Waals surface area contributed by atoms with E-state index in [-0.39, 0.29) is 0 Å². The molecule has 0 unspecified atom stereocenters. The van der Waals surface area contributed by atoms with Crippen LogP contribution in [-0.2, 0) is 0 Å². The minimum Gasteiger partial charge on any atom is -0.309 e. The van der Waals surface area contributed by atoms with Gasteiger partial charge in [0.15, 0.2) is 0 Å². The summed E-state index contributed by atoms with van der Waals surface area (Å²) in [5.41, 5.74) is 12.3. The van der Waals surface area contributed by atoms with E-state index in [1.54, 1.807) is 0 Å². The van der Waals surface area contributed by atoms with Crippen LogP contribution in [0.15, 0.2) is 146 Å². The smallest absolute Gasteiger partial charge is 0.0547 e. The fourth-order valence-corrected chi connectivity index (χ4v) is 5.54. The van der Waals surface area contributed by atoms with Crippen LogP contribution in [0.4, 0.5) is 0 Å². The first-order valence-electron chi connectivity index (χ1n) is 13.1. The summed E-state index contributed by atoms with van der Waals surface area (Å²) in [4.78, 5) is 0. The van der Waals surface area contributed by atoms with Gasteiger partial charge in [-0.15, -0.1) is 0 Å². The molecule has 7 rings (SSSR count). The highest BCUT2D eigenvalue weighted by atomic mass is 15.0. The molecule has 0 fully saturated rings. The zero-order chi connectivity index (χ0) is 25.5. The Morgan fingerprint density at radius 3 is 1.34 bits per heavy atom. The third kappa shape index (κ3) is 3.90. The van der Waals surface area contributed by atoms with E-state index in [4.69, 9.17) is 0 Å². The van der Waals surface area contributed by atoms with Gasteiger partial charge in [0, 0.05) is 16.5 Å². The third-order valence-electron chi connectivity index (χ3n) is 7.46. The van der Waals surface area contributed by atoms with Gasteiger partial charge in [-0.25, -0.2) is 0 Å². The number of aromatic nitrogens is 1. The molecule has 0 spiro atoms. The van der Waals surface area contributed by atoms with Gasteiger partial charge in [-0.05, 0) is 64.6 Å². The Morgan fingerprint density at radius 2 is 0.816 bits per heavy atom. The lowest BCUT2D eigenvalue weighted by Gasteiger charge is -2.11. The van der Waals surface area contributed by atoms with Crippen molar-refractivity contribution < 1.29 is 0 Å². The monoisotopic (exact) mass is 485 g/mol. The Bertz CT molecular complexity index is 1800. The van der Waals surface area contributed by atoms with Gasteiger partial charge in [0.1, 0.15) is 0 Å². The third-order valence-corrected chi connectivity index (χ3v) is 7.46. The van der Waals surface area contributed by atoms with Crippen molar-refractivity contribution in [1.82, 2.24) is 4.57 Å². The van der Waals surface area contributed by atoms with Crippen LogP contribution in [0, 0.1) is 6.92 Å². The second-order valence-corrected chi connectivity index (χ2v) is 9.95. The molecule has 0 aliphatic rings. The Hall–Kier alpha value is -4.88. The van der Waals surface area contributed by atoms with Gasteiger partial charge in [0.25, 0.3) is 0 Å². The van der Waals surface area contributed by atoms with E-state index in [9.17, 15) is 0 Å². The summed E-state index contributed by atoms with van der Waals surface area (Å²) >= 11 is 0. The van der Waals surface area contributed by atoms with Gasteiger partial charge < -0.3 is 4.57 Å². The maximum atomic E-state index is 2.42. The number of benzene rings is 6. The van der Waals surface area contributed by atoms with Gasteiger partial charge in [0.05, 0.1) is 11.0 Å². The highest BCUT2D eigenvalue weighted by Gasteiger charge is 2.15. The highest BCUT2D eigenvalue weighted by Crippen LogP contribution is 2.37. The van der Waals surface area contributed by atoms with Crippen LogP contribution in [-0.4, -0.2) is 4.57 Å². The van der Waals surface area contributed by atoms with Crippen molar-refractivity contribution in [1.29, 1.82) is 0 Å². The quantitative estimate of drug-likeness (QED) is 0.234. The number of fused-ring (bicyclic) bond motifs is 3. The Balaban J connectivity index is 1.46. The van der Waals surface area contributed by atoms with Gasteiger partial charge in [0.2, 0.25) is 0 Å². The Labute approximate surface area is 223 Å². The zero-order valence-electron chi connectivity index (χ0n) is 21.3. The molecule has 1 heteroatoms. The lowest BCUT2D eigenvalue weighted by atomic mass is 10.0. The standard InChI is InChI=1S/C37H27N/c1-26-9-8-14-30(23-26)29-15-19-33(20-16-29)38-36-24-31(27-10-4-2-5-11-27)17-21-34(36)35-22-18-32(25-37(35)38)28-12-6-3-7-13-28/h2-25H,1H3. The second-order valence-electron chi connectivity index (χ2n) is 9.95. The van der Waals surface area contributed by atoms with Crippen LogP contribution in [0.25, 0.3) is 60.9 Å². The lowest BCUT2D eigenvalue weighted by Crippen LogP contribution is -1.94. The van der Waals surface area contributed by atoms with Crippen LogP contribution >= 0.6 is 0 Å². The molecule has 1 nitrogen and oxygen atoms in total. The molecule has 7 aromatic rings. The molecule has 6 aromatic carbocycles. The van der Waals surface area contributed by atoms with E-state index in [2.05, 4.69) is 157 Å². The molecule has 0 atom stereocenters. The summed E-state index contributed by atoms with van der Waals surface area (Å²) in [6.07, 6.45) is 0. The molecular weight excluding hydrogens is 458 g/mol. The van der Waals surface area contributed by atoms with E-state index >= 15 is 0 Å². The number of hydrogen-bond acceptors (Lipinski definition) is 0. The summed E-state index contributed by atoms with van der Waals surface area (Å²) in [6.45, 7) is 2.14. The van der Waals surface area contributed by atoms with E-state index in [1.165, 1.54) is 60.8 Å². The summed E-state index contributed by atoms with van der Waals surface area (Å²) in [5, 5.41) is 2.53. The molecule has 0 aliphatic carbocycles. The zero-order valence-corrected chi connectivity index (χ0v) is 21.3. The van der Waals surface area contributed by atoms with Crippen molar-refractivity contribution >= 4 is 21.8 Å². The van der Waals surface area contributed by atoms with Crippen LogP contribution < -0.4 is 0 Å². The SMILES string of the molecule is Cc1cccc(-c2ccc(-n3c4cc(-c5ccccc5)ccc4c4ccc(-c5ccccc5)cc43)cc2)c1. The first-order valence-corrected chi connectivity index (χ1v) is 13.1. The second kappa shape index (κ2) is 9.21. The molecule has 0 N–H and O–H groups in total. The predicted molar refractivity (Wildman–Crippen MR) is 162 cm³/mol. The summed E-state index contributed by atoms with van der Waals surface area (Å²) < 4.78 is 2.42. The minimum absolute atomic E-state index is 1.16. The number of nitrogens with zero attached hydrogens (tertiary/aromatic N) is 1. The molecule has 0 bridgehead atoms. The van der Waals surface area contributed by atoms with E-state index in [0.717, 1.165) is 5.69 Å². The van der Waals surface area contributed by atoms with Crippen molar-refractivity contribution in [2.45, 2.75) is 6.92 Å². The van der Waals surface area contributed by atoms with Crippen LogP contribution in [0.3, 0.4) is 0 Å². The molecule has 0 radical (unpaired) electrons. The van der Waals surface area contributed by atoms with E-state index in [1.807, 2.05) is 0 Å². The van der Waals surface area contributed by atoms with Crippen LogP contribution in [0.2, 0.25) is 0 Å². The molecule has 38 heavy (non-hydrogen) atoms. The van der Waals surface area contributed by atoms with Crippen molar-refractivity contribution in [3.8, 4) is 39.1 Å². The average molecular weight is 486 g/mol. The molecule has 0 saturated carbocycles. The minimum atomic E-state index is 1.16. The first-order chi connectivity index (χ1) is 18.7. The molecule has 0 saturated heterocycles. The van der Waals surface area contributed by atoms with Crippen molar-refractivity contribution in [2.75, 3.05) is 0 Å². The van der Waals surface area contributed by atoms with Gasteiger partial charge in [-0.1, -0.05) is 127 Å². The Kier molecular flexibility index (Phi) is 5.41. The topological polar surface area (TPSA) is 4.93 Å². The Morgan fingerprint density at radius 1 is 0.368 bits per heavy atom. The predicted octanol–water partition coefficient (Wildman–Crippen LogP) is 10.1. The molecule has 1 heterocycles. The van der Waals surface area contributed by atoms with Crippen molar-refractivity contribution in [3.63, 3.8) is 0 Å². The lowest BCUT2D eigenvalue weighted by molar-refractivity contribution is 1.18. The molecule has 1 aromatic heterocycles. The van der Waals surface area contributed by atoms with E-state index < -0.39 is 0 Å². The molecule has 0 amide bonds. The van der Waals surface area contributed by atoms with Gasteiger partial charge in [-0.3, -0.25) is 0 Å².